The van der Waals surface area contributed by atoms with Gasteiger partial charge in [-0.3, -0.25) is 4.79 Å². The largest absolute Gasteiger partial charge is 0.491 e. The lowest BCUT2D eigenvalue weighted by molar-refractivity contribution is 0.242. The van der Waals surface area contributed by atoms with Crippen LogP contribution in [0.4, 0.5) is 0 Å². The van der Waals surface area contributed by atoms with Crippen molar-refractivity contribution in [2.75, 3.05) is 0 Å². The number of H-pyrrole nitrogens is 1. The van der Waals surface area contributed by atoms with Crippen LogP contribution < -0.4 is 10.3 Å². The molecule has 0 saturated carbocycles. The SMILES string of the molecule is CC(C)Oc1cccc(-n2nnc3c(=O)[nH]c(CCC#N)nc32)c1. The first-order valence-electron chi connectivity index (χ1n) is 7.57. The summed E-state index contributed by atoms with van der Waals surface area (Å²) in [6, 6.07) is 9.36. The molecule has 1 N–H and O–H groups in total. The zero-order valence-corrected chi connectivity index (χ0v) is 13.4. The molecule has 8 heteroatoms. The predicted molar refractivity (Wildman–Crippen MR) is 87.0 cm³/mol. The van der Waals surface area contributed by atoms with Crippen LogP contribution in [-0.2, 0) is 6.42 Å². The molecule has 0 atom stereocenters. The first-order chi connectivity index (χ1) is 11.6. The van der Waals surface area contributed by atoms with Gasteiger partial charge in [0.1, 0.15) is 11.6 Å². The molecule has 0 amide bonds. The van der Waals surface area contributed by atoms with Gasteiger partial charge in [-0.15, -0.1) is 5.10 Å². The molecular formula is C16H16N6O2. The number of hydrogen-bond donors (Lipinski definition) is 1. The molecule has 3 rings (SSSR count). The second-order valence-corrected chi connectivity index (χ2v) is 5.51. The average molecular weight is 324 g/mol. The van der Waals surface area contributed by atoms with Crippen molar-refractivity contribution < 1.29 is 4.74 Å². The van der Waals surface area contributed by atoms with Gasteiger partial charge in [0.15, 0.2) is 11.2 Å². The van der Waals surface area contributed by atoms with E-state index in [1.165, 1.54) is 4.68 Å². The highest BCUT2D eigenvalue weighted by molar-refractivity contribution is 5.70. The Morgan fingerprint density at radius 2 is 2.25 bits per heavy atom. The second-order valence-electron chi connectivity index (χ2n) is 5.51. The maximum Gasteiger partial charge on any atom is 0.281 e. The van der Waals surface area contributed by atoms with E-state index in [0.717, 1.165) is 0 Å². The average Bonchev–Trinajstić information content (AvgIpc) is 2.97. The molecule has 0 saturated heterocycles. The fourth-order valence-electron chi connectivity index (χ4n) is 2.30. The summed E-state index contributed by atoms with van der Waals surface area (Å²) in [5.41, 5.74) is 0.841. The second kappa shape index (κ2) is 6.50. The van der Waals surface area contributed by atoms with Crippen LogP contribution in [0.1, 0.15) is 26.1 Å². The molecule has 24 heavy (non-hydrogen) atoms. The maximum atomic E-state index is 12.1. The summed E-state index contributed by atoms with van der Waals surface area (Å²) in [7, 11) is 0. The quantitative estimate of drug-likeness (QED) is 0.765. The van der Waals surface area contributed by atoms with Crippen molar-refractivity contribution in [3.05, 3.63) is 40.4 Å². The highest BCUT2D eigenvalue weighted by atomic mass is 16.5. The fourth-order valence-corrected chi connectivity index (χ4v) is 2.30. The Balaban J connectivity index is 2.08. The molecule has 0 spiro atoms. The van der Waals surface area contributed by atoms with E-state index in [0.29, 0.717) is 29.3 Å². The van der Waals surface area contributed by atoms with Crippen molar-refractivity contribution in [1.29, 1.82) is 5.26 Å². The third-order valence-corrected chi connectivity index (χ3v) is 3.27. The summed E-state index contributed by atoms with van der Waals surface area (Å²) in [6.45, 7) is 3.89. The van der Waals surface area contributed by atoms with Crippen molar-refractivity contribution >= 4 is 11.2 Å². The van der Waals surface area contributed by atoms with Crippen LogP contribution in [0.25, 0.3) is 16.9 Å². The van der Waals surface area contributed by atoms with E-state index in [1.807, 2.05) is 44.2 Å². The standard InChI is InChI=1S/C16H16N6O2/c1-10(2)24-12-6-3-5-11(9-12)22-15-14(20-21-22)16(23)19-13(18-15)7-4-8-17/h3,5-6,9-10H,4,7H2,1-2H3,(H,18,19,23). The number of rotatable bonds is 5. The molecule has 0 bridgehead atoms. The number of hydrogen-bond acceptors (Lipinski definition) is 6. The predicted octanol–water partition coefficient (Wildman–Crippen LogP) is 1.75. The van der Waals surface area contributed by atoms with Crippen LogP contribution in [-0.4, -0.2) is 31.1 Å². The molecule has 0 aliphatic carbocycles. The van der Waals surface area contributed by atoms with Gasteiger partial charge in [-0.2, -0.15) is 9.94 Å². The molecule has 0 aliphatic rings. The van der Waals surface area contributed by atoms with Gasteiger partial charge in [-0.25, -0.2) is 4.98 Å². The number of aromatic nitrogens is 5. The number of fused-ring (bicyclic) bond motifs is 1. The number of aromatic amines is 1. The number of nitrogens with one attached hydrogen (secondary N) is 1. The number of nitrogens with zero attached hydrogens (tertiary/aromatic N) is 5. The third kappa shape index (κ3) is 3.10. The Morgan fingerprint density at radius 3 is 3.00 bits per heavy atom. The van der Waals surface area contributed by atoms with Crippen molar-refractivity contribution in [2.24, 2.45) is 0 Å². The molecule has 122 valence electrons. The summed E-state index contributed by atoms with van der Waals surface area (Å²) in [6.07, 6.45) is 0.683. The van der Waals surface area contributed by atoms with Crippen LogP contribution >= 0.6 is 0 Å². The van der Waals surface area contributed by atoms with Gasteiger partial charge < -0.3 is 9.72 Å². The van der Waals surface area contributed by atoms with Crippen LogP contribution in [0.3, 0.4) is 0 Å². The smallest absolute Gasteiger partial charge is 0.281 e. The lowest BCUT2D eigenvalue weighted by Gasteiger charge is -2.10. The van der Waals surface area contributed by atoms with E-state index in [4.69, 9.17) is 10.00 Å². The molecule has 3 aromatic rings. The van der Waals surface area contributed by atoms with E-state index in [1.54, 1.807) is 0 Å². The van der Waals surface area contributed by atoms with E-state index in [9.17, 15) is 4.79 Å². The highest BCUT2D eigenvalue weighted by Gasteiger charge is 2.13. The summed E-state index contributed by atoms with van der Waals surface area (Å²) in [5, 5.41) is 16.6. The van der Waals surface area contributed by atoms with Gasteiger partial charge in [0.05, 0.1) is 17.9 Å². The highest BCUT2D eigenvalue weighted by Crippen LogP contribution is 2.19. The minimum atomic E-state index is -0.367. The minimum Gasteiger partial charge on any atom is -0.491 e. The Kier molecular flexibility index (Phi) is 4.24. The van der Waals surface area contributed by atoms with E-state index in [-0.39, 0.29) is 23.6 Å². The van der Waals surface area contributed by atoms with Crippen molar-refractivity contribution in [3.8, 4) is 17.5 Å². The van der Waals surface area contributed by atoms with Crippen molar-refractivity contribution in [2.45, 2.75) is 32.8 Å². The Bertz CT molecular complexity index is 967. The first kappa shape index (κ1) is 15.7. The van der Waals surface area contributed by atoms with Gasteiger partial charge in [-0.1, -0.05) is 11.3 Å². The van der Waals surface area contributed by atoms with E-state index in [2.05, 4.69) is 20.3 Å². The van der Waals surface area contributed by atoms with Gasteiger partial charge in [0.25, 0.3) is 5.56 Å². The van der Waals surface area contributed by atoms with Crippen molar-refractivity contribution in [3.63, 3.8) is 0 Å². The van der Waals surface area contributed by atoms with Gasteiger partial charge in [-0.05, 0) is 26.0 Å². The number of aryl methyl sites for hydroxylation is 1. The monoisotopic (exact) mass is 324 g/mol. The third-order valence-electron chi connectivity index (χ3n) is 3.27. The molecule has 2 aromatic heterocycles. The summed E-state index contributed by atoms with van der Waals surface area (Å²) < 4.78 is 7.17. The summed E-state index contributed by atoms with van der Waals surface area (Å²) in [4.78, 5) is 19.1. The van der Waals surface area contributed by atoms with E-state index < -0.39 is 0 Å². The van der Waals surface area contributed by atoms with Crippen molar-refractivity contribution in [1.82, 2.24) is 25.0 Å². The topological polar surface area (TPSA) is 109 Å². The first-order valence-corrected chi connectivity index (χ1v) is 7.57. The van der Waals surface area contributed by atoms with E-state index >= 15 is 0 Å². The van der Waals surface area contributed by atoms with Gasteiger partial charge in [0.2, 0.25) is 0 Å². The Hall–Kier alpha value is -3.21. The molecule has 0 fully saturated rings. The molecule has 0 radical (unpaired) electrons. The molecule has 0 unspecified atom stereocenters. The molecular weight excluding hydrogens is 308 g/mol. The number of ether oxygens (including phenoxy) is 1. The lowest BCUT2D eigenvalue weighted by atomic mass is 10.3. The minimum absolute atomic E-state index is 0.0475. The fraction of sp³-hybridized carbons (Fsp3) is 0.312. The molecule has 2 heterocycles. The zero-order chi connectivity index (χ0) is 17.1. The van der Waals surface area contributed by atoms with Crippen LogP contribution in [0, 0.1) is 11.3 Å². The lowest BCUT2D eigenvalue weighted by Crippen LogP contribution is -2.13. The number of benzene rings is 1. The Labute approximate surface area is 137 Å². The van der Waals surface area contributed by atoms with Gasteiger partial charge in [0, 0.05) is 18.9 Å². The van der Waals surface area contributed by atoms with Crippen LogP contribution in [0.5, 0.6) is 5.75 Å². The Morgan fingerprint density at radius 1 is 1.42 bits per heavy atom. The molecule has 0 aliphatic heterocycles. The van der Waals surface area contributed by atoms with Crippen LogP contribution in [0.2, 0.25) is 0 Å². The van der Waals surface area contributed by atoms with Gasteiger partial charge >= 0.3 is 0 Å². The normalized spacial score (nSPS) is 10.9. The molecule has 8 nitrogen and oxygen atoms in total. The zero-order valence-electron chi connectivity index (χ0n) is 13.4. The maximum absolute atomic E-state index is 12.1. The summed E-state index contributed by atoms with van der Waals surface area (Å²) in [5.74, 6) is 1.13. The molecule has 1 aromatic carbocycles. The number of nitriles is 1. The van der Waals surface area contributed by atoms with Crippen LogP contribution in [0.15, 0.2) is 29.1 Å². The summed E-state index contributed by atoms with van der Waals surface area (Å²) >= 11 is 0.